The summed E-state index contributed by atoms with van der Waals surface area (Å²) in [5, 5.41) is 20.9. The van der Waals surface area contributed by atoms with Gasteiger partial charge in [-0.2, -0.15) is 9.50 Å². The number of hydrogen-bond donors (Lipinski definition) is 3. The van der Waals surface area contributed by atoms with Crippen LogP contribution in [0.1, 0.15) is 41.6 Å². The molecule has 0 spiro atoms. The van der Waals surface area contributed by atoms with E-state index in [4.69, 9.17) is 0 Å². The molecular weight excluding hydrogens is 356 g/mol. The van der Waals surface area contributed by atoms with Crippen LogP contribution < -0.4 is 10.6 Å². The summed E-state index contributed by atoms with van der Waals surface area (Å²) in [5.41, 5.74) is 2.87. The Kier molecular flexibility index (Phi) is 4.05. The number of aliphatic hydroxyl groups excluding tert-OH is 1. The van der Waals surface area contributed by atoms with Crippen LogP contribution in [0.2, 0.25) is 0 Å². The molecule has 1 aromatic carbocycles. The molecule has 1 aliphatic carbocycles. The average molecular weight is 376 g/mol. The Morgan fingerprint density at radius 2 is 1.96 bits per heavy atom. The van der Waals surface area contributed by atoms with Crippen molar-refractivity contribution in [2.75, 3.05) is 10.6 Å². The fourth-order valence-electron chi connectivity index (χ4n) is 3.76. The van der Waals surface area contributed by atoms with Gasteiger partial charge in [0.05, 0.1) is 11.7 Å². The topological polar surface area (TPSA) is 104 Å². The fraction of sp³-hybridized carbons (Fsp3) is 0.300. The third-order valence-corrected chi connectivity index (χ3v) is 5.27. The third kappa shape index (κ3) is 3.11. The van der Waals surface area contributed by atoms with E-state index in [1.165, 1.54) is 0 Å². The normalized spacial score (nSPS) is 21.1. The van der Waals surface area contributed by atoms with Crippen LogP contribution in [-0.4, -0.2) is 44.0 Å². The monoisotopic (exact) mass is 376 g/mol. The van der Waals surface area contributed by atoms with Crippen LogP contribution in [0, 0.1) is 0 Å². The lowest BCUT2D eigenvalue weighted by Gasteiger charge is -2.26. The van der Waals surface area contributed by atoms with Crippen molar-refractivity contribution >= 4 is 35.2 Å². The molecule has 3 heterocycles. The number of aromatic nitrogens is 3. The summed E-state index contributed by atoms with van der Waals surface area (Å²) < 4.78 is 1.77. The van der Waals surface area contributed by atoms with Crippen molar-refractivity contribution in [3.05, 3.63) is 47.5 Å². The Hall–Kier alpha value is -3.26. The highest BCUT2D eigenvalue weighted by Gasteiger charge is 2.20. The second-order valence-electron chi connectivity index (χ2n) is 7.26. The Morgan fingerprint density at radius 1 is 1.11 bits per heavy atom. The molecule has 142 valence electrons. The van der Waals surface area contributed by atoms with Crippen molar-refractivity contribution in [3.8, 4) is 0 Å². The van der Waals surface area contributed by atoms with Crippen LogP contribution in [0.25, 0.3) is 5.65 Å². The highest BCUT2D eigenvalue weighted by atomic mass is 16.3. The number of pyridine rings is 1. The number of rotatable bonds is 4. The van der Waals surface area contributed by atoms with E-state index < -0.39 is 0 Å². The smallest absolute Gasteiger partial charge is 0.277 e. The zero-order valence-corrected chi connectivity index (χ0v) is 15.2. The number of fused-ring (bicyclic) bond motifs is 2. The minimum atomic E-state index is -0.231. The molecule has 0 bridgehead atoms. The van der Waals surface area contributed by atoms with Crippen LogP contribution in [-0.2, 0) is 0 Å². The number of carbonyl (C=O) groups excluding carboxylic acids is 1. The fourth-order valence-corrected chi connectivity index (χ4v) is 3.76. The lowest BCUT2D eigenvalue weighted by molar-refractivity contribution is 0.101. The molecule has 1 amide bonds. The molecule has 3 N–H and O–H groups in total. The maximum atomic E-state index is 11.8. The second-order valence-corrected chi connectivity index (χ2v) is 7.26. The van der Waals surface area contributed by atoms with E-state index in [2.05, 4.69) is 25.7 Å². The van der Waals surface area contributed by atoms with E-state index in [0.717, 1.165) is 48.4 Å². The number of aliphatic imine (C=N–C) groups is 1. The lowest BCUT2D eigenvalue weighted by Crippen LogP contribution is -2.29. The number of anilines is 3. The minimum Gasteiger partial charge on any atom is -0.393 e. The molecule has 5 rings (SSSR count). The van der Waals surface area contributed by atoms with Gasteiger partial charge in [-0.3, -0.25) is 4.79 Å². The second kappa shape index (κ2) is 6.72. The molecule has 28 heavy (non-hydrogen) atoms. The molecule has 0 unspecified atom stereocenters. The van der Waals surface area contributed by atoms with E-state index in [-0.39, 0.29) is 12.0 Å². The first-order chi connectivity index (χ1) is 13.7. The summed E-state index contributed by atoms with van der Waals surface area (Å²) in [6, 6.07) is 11.6. The Balaban J connectivity index is 1.38. The van der Waals surface area contributed by atoms with E-state index in [0.29, 0.717) is 17.6 Å². The van der Waals surface area contributed by atoms with E-state index >= 15 is 0 Å². The molecule has 8 heteroatoms. The number of nitrogens with zero attached hydrogens (tertiary/aromatic N) is 4. The zero-order valence-electron chi connectivity index (χ0n) is 15.2. The van der Waals surface area contributed by atoms with Crippen LogP contribution in [0.4, 0.5) is 17.5 Å². The SMILES string of the molecule is O=C1N=Cc2ccc(Nc3nc4cccc(NC5CCC(O)CC5)n4n3)cc21. The number of amides is 1. The lowest BCUT2D eigenvalue weighted by atomic mass is 9.93. The molecule has 1 fully saturated rings. The van der Waals surface area contributed by atoms with Crippen molar-refractivity contribution < 1.29 is 9.90 Å². The minimum absolute atomic E-state index is 0.180. The standard InChI is InChI=1S/C20H20N6O2/c27-15-8-6-13(7-9-15)22-17-2-1-3-18-24-20(25-26(17)18)23-14-5-4-12-11-21-19(28)16(12)10-14/h1-5,10-11,13,15,22,27H,6-9H2,(H,23,25). The molecule has 2 aromatic heterocycles. The molecule has 8 nitrogen and oxygen atoms in total. The van der Waals surface area contributed by atoms with Gasteiger partial charge in [-0.05, 0) is 49.9 Å². The quantitative estimate of drug-likeness (QED) is 0.647. The highest BCUT2D eigenvalue weighted by Crippen LogP contribution is 2.24. The first kappa shape index (κ1) is 16.9. The van der Waals surface area contributed by atoms with E-state index in [1.54, 1.807) is 16.8 Å². The third-order valence-electron chi connectivity index (χ3n) is 5.27. The van der Waals surface area contributed by atoms with Crippen LogP contribution in [0.5, 0.6) is 0 Å². The summed E-state index contributed by atoms with van der Waals surface area (Å²) in [6.07, 6.45) is 4.90. The van der Waals surface area contributed by atoms with Gasteiger partial charge >= 0.3 is 0 Å². The van der Waals surface area contributed by atoms with Gasteiger partial charge in [-0.25, -0.2) is 4.99 Å². The van der Waals surface area contributed by atoms with E-state index in [1.807, 2.05) is 30.3 Å². The van der Waals surface area contributed by atoms with Gasteiger partial charge in [0.15, 0.2) is 5.65 Å². The van der Waals surface area contributed by atoms with Crippen LogP contribution in [0.3, 0.4) is 0 Å². The van der Waals surface area contributed by atoms with Crippen LogP contribution >= 0.6 is 0 Å². The summed E-state index contributed by atoms with van der Waals surface area (Å²) in [4.78, 5) is 20.1. The maximum Gasteiger partial charge on any atom is 0.277 e. The Bertz CT molecular complexity index is 1080. The summed E-state index contributed by atoms with van der Waals surface area (Å²) in [6.45, 7) is 0. The van der Waals surface area contributed by atoms with Gasteiger partial charge in [0.1, 0.15) is 5.82 Å². The first-order valence-electron chi connectivity index (χ1n) is 9.45. The zero-order chi connectivity index (χ0) is 19.1. The Labute approximate surface area is 161 Å². The van der Waals surface area contributed by atoms with Crippen LogP contribution in [0.15, 0.2) is 41.4 Å². The van der Waals surface area contributed by atoms with Crippen molar-refractivity contribution in [2.45, 2.75) is 37.8 Å². The van der Waals surface area contributed by atoms with Crippen molar-refractivity contribution in [2.24, 2.45) is 4.99 Å². The molecule has 1 aliphatic heterocycles. The number of hydrogen-bond acceptors (Lipinski definition) is 6. The Morgan fingerprint density at radius 3 is 2.82 bits per heavy atom. The van der Waals surface area contributed by atoms with Gasteiger partial charge in [0, 0.05) is 23.5 Å². The number of carbonyl (C=O) groups is 1. The molecule has 0 radical (unpaired) electrons. The van der Waals surface area contributed by atoms with Gasteiger partial charge < -0.3 is 15.7 Å². The van der Waals surface area contributed by atoms with Gasteiger partial charge in [-0.1, -0.05) is 12.1 Å². The predicted molar refractivity (Wildman–Crippen MR) is 107 cm³/mol. The van der Waals surface area contributed by atoms with Gasteiger partial charge in [0.25, 0.3) is 5.91 Å². The van der Waals surface area contributed by atoms with Gasteiger partial charge in [0.2, 0.25) is 5.95 Å². The molecule has 3 aromatic rings. The molecular formula is C20H20N6O2. The summed E-state index contributed by atoms with van der Waals surface area (Å²) in [5.74, 6) is 1.10. The highest BCUT2D eigenvalue weighted by molar-refractivity contribution is 6.13. The molecule has 0 saturated heterocycles. The summed E-state index contributed by atoms with van der Waals surface area (Å²) in [7, 11) is 0. The van der Waals surface area contributed by atoms with Crippen molar-refractivity contribution in [1.29, 1.82) is 0 Å². The average Bonchev–Trinajstić information content (AvgIpc) is 3.28. The molecule has 0 atom stereocenters. The predicted octanol–water partition coefficient (Wildman–Crippen LogP) is 2.76. The largest absolute Gasteiger partial charge is 0.393 e. The van der Waals surface area contributed by atoms with Crippen molar-refractivity contribution in [1.82, 2.24) is 14.6 Å². The number of nitrogens with one attached hydrogen (secondary N) is 2. The maximum absolute atomic E-state index is 11.8. The molecule has 2 aliphatic rings. The number of aliphatic hydroxyl groups is 1. The van der Waals surface area contributed by atoms with Crippen molar-refractivity contribution in [3.63, 3.8) is 0 Å². The first-order valence-corrected chi connectivity index (χ1v) is 9.45. The van der Waals surface area contributed by atoms with Gasteiger partial charge in [-0.15, -0.1) is 5.10 Å². The number of benzene rings is 1. The van der Waals surface area contributed by atoms with E-state index in [9.17, 15) is 9.90 Å². The summed E-state index contributed by atoms with van der Waals surface area (Å²) >= 11 is 0. The molecule has 1 saturated carbocycles.